The summed E-state index contributed by atoms with van der Waals surface area (Å²) in [6.07, 6.45) is 0. The van der Waals surface area contributed by atoms with E-state index >= 15 is 0 Å². The summed E-state index contributed by atoms with van der Waals surface area (Å²) in [5.74, 6) is -1.38. The van der Waals surface area contributed by atoms with E-state index in [1.165, 1.54) is 23.5 Å². The third-order valence-corrected chi connectivity index (χ3v) is 4.88. The van der Waals surface area contributed by atoms with Crippen LogP contribution >= 0.6 is 34.5 Å². The Hall–Kier alpha value is -2.19. The number of rotatable bonds is 4. The summed E-state index contributed by atoms with van der Waals surface area (Å²) in [6.45, 7) is 0. The summed E-state index contributed by atoms with van der Waals surface area (Å²) < 4.78 is 0. The fraction of sp³-hybridized carbons (Fsp3) is 0.0556. The van der Waals surface area contributed by atoms with Crippen molar-refractivity contribution in [3.8, 4) is 17.3 Å². The number of nitrogens with zero attached hydrogens (tertiary/aromatic N) is 2. The standard InChI is InChI=1S/C18H10Cl2N2OS/c19-12-6-7-13(15(20)8-12)17(23)14(9-21)18-22-16(10-24-18)11-4-2-1-3-5-11/h1-8,10,14H. The topological polar surface area (TPSA) is 53.8 Å². The van der Waals surface area contributed by atoms with Crippen LogP contribution in [0.5, 0.6) is 0 Å². The molecule has 0 saturated heterocycles. The highest BCUT2D eigenvalue weighted by atomic mass is 35.5. The van der Waals surface area contributed by atoms with Crippen molar-refractivity contribution in [1.82, 2.24) is 4.98 Å². The number of carbonyl (C=O) groups is 1. The second-order valence-corrected chi connectivity index (χ2v) is 6.72. The van der Waals surface area contributed by atoms with E-state index in [1.54, 1.807) is 6.07 Å². The molecule has 0 N–H and O–H groups in total. The number of ketones is 1. The highest BCUT2D eigenvalue weighted by Crippen LogP contribution is 2.31. The number of thiazole rings is 1. The first-order chi connectivity index (χ1) is 11.6. The van der Waals surface area contributed by atoms with Crippen LogP contribution in [-0.2, 0) is 0 Å². The van der Waals surface area contributed by atoms with Crippen molar-refractivity contribution in [3.05, 3.63) is 74.5 Å². The molecule has 0 aliphatic heterocycles. The summed E-state index contributed by atoms with van der Waals surface area (Å²) >= 11 is 13.2. The van der Waals surface area contributed by atoms with Gasteiger partial charge in [0.25, 0.3) is 0 Å². The minimum absolute atomic E-state index is 0.229. The van der Waals surface area contributed by atoms with Crippen LogP contribution in [0.1, 0.15) is 21.3 Å². The van der Waals surface area contributed by atoms with Crippen molar-refractivity contribution < 1.29 is 4.79 Å². The van der Waals surface area contributed by atoms with Gasteiger partial charge >= 0.3 is 0 Å². The number of halogens is 2. The van der Waals surface area contributed by atoms with Gasteiger partial charge in [-0.05, 0) is 18.2 Å². The Bertz CT molecular complexity index is 932. The van der Waals surface area contributed by atoms with E-state index < -0.39 is 5.92 Å². The van der Waals surface area contributed by atoms with Crippen LogP contribution < -0.4 is 0 Å². The highest BCUT2D eigenvalue weighted by Gasteiger charge is 2.26. The Kier molecular flexibility index (Phi) is 4.96. The number of nitriles is 1. The van der Waals surface area contributed by atoms with Gasteiger partial charge in [-0.1, -0.05) is 53.5 Å². The molecule has 1 heterocycles. The smallest absolute Gasteiger partial charge is 0.188 e. The molecular formula is C18H10Cl2N2OS. The lowest BCUT2D eigenvalue weighted by Crippen LogP contribution is -2.11. The Morgan fingerprint density at radius 3 is 2.58 bits per heavy atom. The predicted octanol–water partition coefficient (Wildman–Crippen LogP) is 5.61. The first-order valence-corrected chi connectivity index (χ1v) is 8.63. The molecule has 0 bridgehead atoms. The van der Waals surface area contributed by atoms with Crippen LogP contribution in [0.2, 0.25) is 10.0 Å². The van der Waals surface area contributed by atoms with Gasteiger partial charge in [0.2, 0.25) is 0 Å². The van der Waals surface area contributed by atoms with Crippen molar-refractivity contribution in [1.29, 1.82) is 5.26 Å². The maximum atomic E-state index is 12.7. The van der Waals surface area contributed by atoms with E-state index in [2.05, 4.69) is 4.98 Å². The maximum absolute atomic E-state index is 12.7. The molecule has 118 valence electrons. The highest BCUT2D eigenvalue weighted by molar-refractivity contribution is 7.10. The van der Waals surface area contributed by atoms with Crippen molar-refractivity contribution in [3.63, 3.8) is 0 Å². The molecule has 3 aromatic rings. The van der Waals surface area contributed by atoms with E-state index in [0.29, 0.717) is 10.0 Å². The minimum atomic E-state index is -0.994. The molecule has 1 atom stereocenters. The molecule has 0 radical (unpaired) electrons. The maximum Gasteiger partial charge on any atom is 0.188 e. The zero-order valence-corrected chi connectivity index (χ0v) is 14.6. The van der Waals surface area contributed by atoms with E-state index in [4.69, 9.17) is 23.2 Å². The second kappa shape index (κ2) is 7.14. The number of benzene rings is 2. The fourth-order valence-electron chi connectivity index (χ4n) is 2.23. The molecular weight excluding hydrogens is 363 g/mol. The van der Waals surface area contributed by atoms with Crippen molar-refractivity contribution in [2.24, 2.45) is 0 Å². The SMILES string of the molecule is N#CC(C(=O)c1ccc(Cl)cc1Cl)c1nc(-c2ccccc2)cs1. The number of hydrogen-bond acceptors (Lipinski definition) is 4. The van der Waals surface area contributed by atoms with Crippen LogP contribution in [0.3, 0.4) is 0 Å². The van der Waals surface area contributed by atoms with Crippen molar-refractivity contribution in [2.75, 3.05) is 0 Å². The summed E-state index contributed by atoms with van der Waals surface area (Å²) in [6, 6.07) is 16.2. The molecule has 1 aromatic heterocycles. The third kappa shape index (κ3) is 3.34. The van der Waals surface area contributed by atoms with Gasteiger partial charge in [-0.15, -0.1) is 11.3 Å². The molecule has 1 unspecified atom stereocenters. The van der Waals surface area contributed by atoms with Crippen LogP contribution in [-0.4, -0.2) is 10.8 Å². The Morgan fingerprint density at radius 2 is 1.92 bits per heavy atom. The van der Waals surface area contributed by atoms with Crippen LogP contribution in [0.15, 0.2) is 53.9 Å². The monoisotopic (exact) mass is 372 g/mol. The van der Waals surface area contributed by atoms with Crippen molar-refractivity contribution >= 4 is 40.3 Å². The molecule has 3 nitrogen and oxygen atoms in total. The van der Waals surface area contributed by atoms with Crippen LogP contribution in [0.4, 0.5) is 0 Å². The molecule has 24 heavy (non-hydrogen) atoms. The van der Waals surface area contributed by atoms with Crippen molar-refractivity contribution in [2.45, 2.75) is 5.92 Å². The molecule has 0 aliphatic carbocycles. The van der Waals surface area contributed by atoms with Gasteiger partial charge in [0.1, 0.15) is 5.01 Å². The zero-order chi connectivity index (χ0) is 17.1. The van der Waals surface area contributed by atoms with Gasteiger partial charge < -0.3 is 0 Å². The Labute approximate surface area is 153 Å². The lowest BCUT2D eigenvalue weighted by Gasteiger charge is -2.07. The van der Waals surface area contributed by atoms with E-state index in [9.17, 15) is 10.1 Å². The lowest BCUT2D eigenvalue weighted by molar-refractivity contribution is 0.0979. The number of carbonyl (C=O) groups excluding carboxylic acids is 1. The predicted molar refractivity (Wildman–Crippen MR) is 96.7 cm³/mol. The number of aromatic nitrogens is 1. The quantitative estimate of drug-likeness (QED) is 0.559. The molecule has 0 spiro atoms. The molecule has 0 aliphatic rings. The van der Waals surface area contributed by atoms with Gasteiger partial charge in [0.15, 0.2) is 11.7 Å². The summed E-state index contributed by atoms with van der Waals surface area (Å²) in [4.78, 5) is 17.1. The molecule has 3 rings (SSSR count). The summed E-state index contributed by atoms with van der Waals surface area (Å²) in [7, 11) is 0. The van der Waals surface area contributed by atoms with Crippen LogP contribution in [0.25, 0.3) is 11.3 Å². The summed E-state index contributed by atoms with van der Waals surface area (Å²) in [5.41, 5.74) is 1.95. The van der Waals surface area contributed by atoms with Gasteiger partial charge in [-0.25, -0.2) is 4.98 Å². The van der Waals surface area contributed by atoms with E-state index in [-0.39, 0.29) is 16.4 Å². The molecule has 2 aromatic carbocycles. The lowest BCUT2D eigenvalue weighted by atomic mass is 9.99. The zero-order valence-electron chi connectivity index (χ0n) is 12.2. The van der Waals surface area contributed by atoms with Gasteiger partial charge in [-0.3, -0.25) is 4.79 Å². The third-order valence-electron chi connectivity index (χ3n) is 3.43. The Balaban J connectivity index is 1.94. The second-order valence-electron chi connectivity index (χ2n) is 4.99. The van der Waals surface area contributed by atoms with E-state index in [0.717, 1.165) is 11.3 Å². The Morgan fingerprint density at radius 1 is 1.17 bits per heavy atom. The molecule has 0 saturated carbocycles. The largest absolute Gasteiger partial charge is 0.292 e. The van der Waals surface area contributed by atoms with Gasteiger partial charge in [-0.2, -0.15) is 5.26 Å². The minimum Gasteiger partial charge on any atom is -0.292 e. The normalized spacial score (nSPS) is 11.7. The first-order valence-electron chi connectivity index (χ1n) is 7.00. The number of Topliss-reactive ketones (excluding diaryl/α,β-unsaturated/α-hetero) is 1. The number of hydrogen-bond donors (Lipinski definition) is 0. The van der Waals surface area contributed by atoms with Gasteiger partial charge in [0, 0.05) is 21.5 Å². The van der Waals surface area contributed by atoms with Gasteiger partial charge in [0.05, 0.1) is 16.8 Å². The fourth-order valence-corrected chi connectivity index (χ4v) is 3.60. The average molecular weight is 373 g/mol. The molecule has 0 fully saturated rings. The molecule has 6 heteroatoms. The average Bonchev–Trinajstić information content (AvgIpc) is 3.06. The van der Waals surface area contributed by atoms with Crippen LogP contribution in [0, 0.1) is 11.3 Å². The van der Waals surface area contributed by atoms with E-state index in [1.807, 2.05) is 41.8 Å². The molecule has 0 amide bonds. The summed E-state index contributed by atoms with van der Waals surface area (Å²) in [5, 5.41) is 12.4. The first kappa shape index (κ1) is 16.7.